The number of ether oxygens (including phenoxy) is 1. The molecule has 2 bridgehead atoms. The summed E-state index contributed by atoms with van der Waals surface area (Å²) < 4.78 is 7.40. The molecule has 4 heteroatoms. The van der Waals surface area contributed by atoms with Gasteiger partial charge in [0.2, 0.25) is 0 Å². The third kappa shape index (κ3) is 3.51. The van der Waals surface area contributed by atoms with E-state index in [1.54, 1.807) is 12.7 Å². The van der Waals surface area contributed by atoms with Crippen LogP contribution in [0.3, 0.4) is 0 Å². The van der Waals surface area contributed by atoms with Crippen molar-refractivity contribution in [3.63, 3.8) is 0 Å². The van der Waals surface area contributed by atoms with Crippen LogP contribution >= 0.6 is 0 Å². The number of piperidine rings is 1. The first-order valence-electron chi connectivity index (χ1n) is 9.57. The van der Waals surface area contributed by atoms with Crippen molar-refractivity contribution in [2.24, 2.45) is 5.92 Å². The quantitative estimate of drug-likeness (QED) is 0.749. The molecule has 4 rings (SSSR count). The molecule has 2 aliphatic heterocycles. The normalized spacial score (nSPS) is 26.6. The van der Waals surface area contributed by atoms with E-state index in [2.05, 4.69) is 51.9 Å². The van der Waals surface area contributed by atoms with Crippen LogP contribution in [0.4, 0.5) is 0 Å². The maximum absolute atomic E-state index is 5.22. The second-order valence-electron chi connectivity index (χ2n) is 7.80. The summed E-state index contributed by atoms with van der Waals surface area (Å²) in [5.74, 6) is 0.607. The fourth-order valence-electron chi connectivity index (χ4n) is 4.69. The van der Waals surface area contributed by atoms with E-state index in [0.717, 1.165) is 25.2 Å². The van der Waals surface area contributed by atoms with Crippen LogP contribution in [-0.2, 0) is 11.3 Å². The van der Waals surface area contributed by atoms with Gasteiger partial charge in [0.05, 0.1) is 18.3 Å². The summed E-state index contributed by atoms with van der Waals surface area (Å²) in [4.78, 5) is 2.78. The van der Waals surface area contributed by atoms with Crippen molar-refractivity contribution < 1.29 is 4.74 Å². The van der Waals surface area contributed by atoms with Gasteiger partial charge in [-0.3, -0.25) is 9.58 Å². The molecule has 1 aromatic carbocycles. The van der Waals surface area contributed by atoms with E-state index in [1.807, 2.05) is 6.20 Å². The molecule has 2 aliphatic rings. The standard InChI is InChI=1S/C21H29N3O/c1-16(15-24-21-6-4-3-5-18(21)13-22-24)14-23-19-7-8-20(23)12-17(11-19)9-10-25-2/h3-6,9,13,16,19-20H,7-8,10-12,14-15H2,1-2H3/t16?,19-,20+. The van der Waals surface area contributed by atoms with E-state index in [1.165, 1.54) is 43.1 Å². The third-order valence-electron chi connectivity index (χ3n) is 5.86. The average molecular weight is 339 g/mol. The summed E-state index contributed by atoms with van der Waals surface area (Å²) in [6.45, 7) is 5.31. The minimum atomic E-state index is 0.607. The van der Waals surface area contributed by atoms with Crippen molar-refractivity contribution in [2.45, 2.75) is 51.2 Å². The Balaban J connectivity index is 1.39. The highest BCUT2D eigenvalue weighted by Gasteiger charge is 2.38. The predicted molar refractivity (Wildman–Crippen MR) is 102 cm³/mol. The van der Waals surface area contributed by atoms with Crippen LogP contribution < -0.4 is 0 Å². The molecule has 2 aromatic rings. The highest BCUT2D eigenvalue weighted by molar-refractivity contribution is 5.78. The summed E-state index contributed by atoms with van der Waals surface area (Å²) in [6.07, 6.45) is 9.47. The molecule has 1 unspecified atom stereocenters. The van der Waals surface area contributed by atoms with Gasteiger partial charge in [0.1, 0.15) is 0 Å². The van der Waals surface area contributed by atoms with E-state index < -0.39 is 0 Å². The Morgan fingerprint density at radius 3 is 2.72 bits per heavy atom. The molecular formula is C21H29N3O. The fourth-order valence-corrected chi connectivity index (χ4v) is 4.69. The maximum Gasteiger partial charge on any atom is 0.0682 e. The fraction of sp³-hybridized carbons (Fsp3) is 0.571. The average Bonchev–Trinajstić information content (AvgIpc) is 3.11. The molecular weight excluding hydrogens is 310 g/mol. The summed E-state index contributed by atoms with van der Waals surface area (Å²) in [5, 5.41) is 5.84. The van der Waals surface area contributed by atoms with Gasteiger partial charge in [0.15, 0.2) is 0 Å². The number of rotatable bonds is 6. The lowest BCUT2D eigenvalue weighted by molar-refractivity contribution is 0.136. The summed E-state index contributed by atoms with van der Waals surface area (Å²) in [6, 6.07) is 9.97. The second kappa shape index (κ2) is 7.30. The van der Waals surface area contributed by atoms with Crippen LogP contribution in [0.5, 0.6) is 0 Å². The number of benzene rings is 1. The first-order valence-corrected chi connectivity index (χ1v) is 9.57. The number of para-hydroxylation sites is 1. The van der Waals surface area contributed by atoms with Crippen molar-refractivity contribution in [2.75, 3.05) is 20.3 Å². The van der Waals surface area contributed by atoms with Gasteiger partial charge >= 0.3 is 0 Å². The summed E-state index contributed by atoms with van der Waals surface area (Å²) in [7, 11) is 1.78. The molecule has 25 heavy (non-hydrogen) atoms. The monoisotopic (exact) mass is 339 g/mol. The Labute approximate surface area is 150 Å². The first kappa shape index (κ1) is 16.8. The van der Waals surface area contributed by atoms with Crippen LogP contribution in [0.25, 0.3) is 10.9 Å². The summed E-state index contributed by atoms with van der Waals surface area (Å²) in [5.41, 5.74) is 2.86. The Kier molecular flexibility index (Phi) is 4.91. The Hall–Kier alpha value is -1.65. The molecule has 0 N–H and O–H groups in total. The van der Waals surface area contributed by atoms with E-state index in [0.29, 0.717) is 5.92 Å². The van der Waals surface area contributed by atoms with Gasteiger partial charge in [0.25, 0.3) is 0 Å². The van der Waals surface area contributed by atoms with Gasteiger partial charge in [0, 0.05) is 37.7 Å². The van der Waals surface area contributed by atoms with Crippen molar-refractivity contribution in [3.05, 3.63) is 42.1 Å². The number of nitrogens with zero attached hydrogens (tertiary/aromatic N) is 3. The number of methoxy groups -OCH3 is 1. The lowest BCUT2D eigenvalue weighted by atomic mass is 9.95. The lowest BCUT2D eigenvalue weighted by Gasteiger charge is -2.37. The zero-order valence-corrected chi connectivity index (χ0v) is 15.4. The number of fused-ring (bicyclic) bond motifs is 3. The topological polar surface area (TPSA) is 30.3 Å². The van der Waals surface area contributed by atoms with E-state index >= 15 is 0 Å². The minimum Gasteiger partial charge on any atom is -0.381 e. The SMILES string of the molecule is COCC=C1C[C@H]2CC[C@@H](C1)N2CC(C)Cn1ncc2ccccc21. The van der Waals surface area contributed by atoms with E-state index in [4.69, 9.17) is 4.74 Å². The molecule has 0 amide bonds. The third-order valence-corrected chi connectivity index (χ3v) is 5.86. The van der Waals surface area contributed by atoms with E-state index in [9.17, 15) is 0 Å². The molecule has 0 radical (unpaired) electrons. The molecule has 2 fully saturated rings. The van der Waals surface area contributed by atoms with Crippen LogP contribution in [-0.4, -0.2) is 47.0 Å². The highest BCUT2D eigenvalue weighted by Crippen LogP contribution is 2.38. The molecule has 0 spiro atoms. The van der Waals surface area contributed by atoms with Gasteiger partial charge in [-0.1, -0.05) is 36.8 Å². The van der Waals surface area contributed by atoms with Gasteiger partial charge < -0.3 is 4.74 Å². The molecule has 3 atom stereocenters. The molecule has 0 saturated carbocycles. The van der Waals surface area contributed by atoms with Crippen molar-refractivity contribution in [3.8, 4) is 0 Å². The number of aromatic nitrogens is 2. The molecule has 0 aliphatic carbocycles. The number of hydrogen-bond acceptors (Lipinski definition) is 3. The van der Waals surface area contributed by atoms with Crippen molar-refractivity contribution in [1.29, 1.82) is 0 Å². The molecule has 134 valence electrons. The van der Waals surface area contributed by atoms with Crippen LogP contribution in [0.2, 0.25) is 0 Å². The summed E-state index contributed by atoms with van der Waals surface area (Å²) >= 11 is 0. The Morgan fingerprint density at radius 2 is 1.96 bits per heavy atom. The molecule has 3 heterocycles. The predicted octanol–water partition coefficient (Wildman–Crippen LogP) is 3.87. The molecule has 4 nitrogen and oxygen atoms in total. The van der Waals surface area contributed by atoms with Crippen molar-refractivity contribution >= 4 is 10.9 Å². The molecule has 1 aromatic heterocycles. The highest BCUT2D eigenvalue weighted by atomic mass is 16.5. The largest absolute Gasteiger partial charge is 0.381 e. The number of hydrogen-bond donors (Lipinski definition) is 0. The van der Waals surface area contributed by atoms with Crippen LogP contribution in [0.15, 0.2) is 42.1 Å². The van der Waals surface area contributed by atoms with Crippen LogP contribution in [0, 0.1) is 5.92 Å². The second-order valence-corrected chi connectivity index (χ2v) is 7.80. The minimum absolute atomic E-state index is 0.607. The van der Waals surface area contributed by atoms with Gasteiger partial charge in [-0.2, -0.15) is 5.10 Å². The Bertz CT molecular complexity index is 734. The smallest absolute Gasteiger partial charge is 0.0682 e. The van der Waals surface area contributed by atoms with Crippen molar-refractivity contribution in [1.82, 2.24) is 14.7 Å². The van der Waals surface area contributed by atoms with Crippen LogP contribution in [0.1, 0.15) is 32.6 Å². The lowest BCUT2D eigenvalue weighted by Crippen LogP contribution is -2.43. The first-order chi connectivity index (χ1) is 12.2. The van der Waals surface area contributed by atoms with Gasteiger partial charge in [-0.15, -0.1) is 0 Å². The van der Waals surface area contributed by atoms with E-state index in [-0.39, 0.29) is 0 Å². The maximum atomic E-state index is 5.22. The zero-order chi connectivity index (χ0) is 17.2. The van der Waals surface area contributed by atoms with Gasteiger partial charge in [-0.25, -0.2) is 0 Å². The zero-order valence-electron chi connectivity index (χ0n) is 15.4. The Morgan fingerprint density at radius 1 is 1.20 bits per heavy atom. The van der Waals surface area contributed by atoms with Gasteiger partial charge in [-0.05, 0) is 37.7 Å². The molecule has 2 saturated heterocycles.